The van der Waals surface area contributed by atoms with E-state index in [9.17, 15) is 19.2 Å². The molecule has 1 aromatic heterocycles. The molecule has 0 aliphatic heterocycles. The van der Waals surface area contributed by atoms with Gasteiger partial charge >= 0.3 is 11.7 Å². The summed E-state index contributed by atoms with van der Waals surface area (Å²) < 4.78 is 12.6. The van der Waals surface area contributed by atoms with Crippen molar-refractivity contribution in [3.8, 4) is 17.2 Å². The average molecular weight is 524 g/mol. The number of para-hydroxylation sites is 1. The first-order valence-corrected chi connectivity index (χ1v) is 11.4. The largest absolute Gasteiger partial charge is 0.495 e. The van der Waals surface area contributed by atoms with Crippen LogP contribution < -0.4 is 26.0 Å². The van der Waals surface area contributed by atoms with Gasteiger partial charge < -0.3 is 19.9 Å². The maximum absolute atomic E-state index is 13.5. The van der Waals surface area contributed by atoms with Gasteiger partial charge in [-0.15, -0.1) is 0 Å². The number of nitrogens with zero attached hydrogens (tertiary/aromatic N) is 2. The van der Waals surface area contributed by atoms with Crippen LogP contribution in [-0.2, 0) is 22.6 Å². The molecule has 0 aliphatic rings. The Morgan fingerprint density at radius 2 is 1.65 bits per heavy atom. The summed E-state index contributed by atoms with van der Waals surface area (Å²) >= 11 is 6.19. The number of rotatable bonds is 8. The Kier molecular flexibility index (Phi) is 7.30. The van der Waals surface area contributed by atoms with Gasteiger partial charge in [-0.2, -0.15) is 0 Å². The number of methoxy groups -OCH3 is 2. The fourth-order valence-corrected chi connectivity index (χ4v) is 4.17. The van der Waals surface area contributed by atoms with Gasteiger partial charge in [0.15, 0.2) is 0 Å². The second-order valence-corrected chi connectivity index (χ2v) is 8.41. The number of ether oxygens (including phenoxy) is 2. The summed E-state index contributed by atoms with van der Waals surface area (Å²) in [4.78, 5) is 50.8. The molecule has 0 spiro atoms. The molecule has 1 heterocycles. The molecule has 0 aliphatic carbocycles. The molecule has 0 atom stereocenters. The Balaban J connectivity index is 1.76. The van der Waals surface area contributed by atoms with Crippen molar-refractivity contribution in [2.45, 2.75) is 13.0 Å². The van der Waals surface area contributed by atoms with E-state index >= 15 is 0 Å². The first-order chi connectivity index (χ1) is 17.7. The molecule has 4 aromatic rings. The van der Waals surface area contributed by atoms with Crippen LogP contribution in [0, 0.1) is 0 Å². The van der Waals surface area contributed by atoms with Gasteiger partial charge in [0.05, 0.1) is 47.9 Å². The molecule has 0 bridgehead atoms. The van der Waals surface area contributed by atoms with Crippen molar-refractivity contribution in [2.24, 2.45) is 0 Å². The molecule has 190 valence electrons. The molecule has 1 amide bonds. The van der Waals surface area contributed by atoms with E-state index in [4.69, 9.17) is 26.2 Å². The predicted octanol–water partition coefficient (Wildman–Crippen LogP) is 3.09. The zero-order valence-corrected chi connectivity index (χ0v) is 20.6. The molecule has 2 N–H and O–H groups in total. The molecule has 0 saturated carbocycles. The lowest BCUT2D eigenvalue weighted by Crippen LogP contribution is -2.40. The van der Waals surface area contributed by atoms with Gasteiger partial charge in [-0.1, -0.05) is 35.9 Å². The van der Waals surface area contributed by atoms with Crippen LogP contribution in [0.5, 0.6) is 11.5 Å². The number of aromatic nitrogens is 2. The summed E-state index contributed by atoms with van der Waals surface area (Å²) in [7, 11) is 2.87. The van der Waals surface area contributed by atoms with Crippen LogP contribution in [0.2, 0.25) is 5.02 Å². The smallest absolute Gasteiger partial charge is 0.336 e. The molecule has 0 fully saturated rings. The molecular formula is C26H22ClN3O7. The molecule has 3 aromatic carbocycles. The van der Waals surface area contributed by atoms with Crippen LogP contribution in [0.3, 0.4) is 0 Å². The van der Waals surface area contributed by atoms with E-state index in [0.717, 1.165) is 4.57 Å². The fraction of sp³-hybridized carbons (Fsp3) is 0.154. The number of fused-ring (bicyclic) bond motifs is 1. The molecule has 0 saturated heterocycles. The molecule has 0 unspecified atom stereocenters. The summed E-state index contributed by atoms with van der Waals surface area (Å²) in [6, 6.07) is 15.5. The molecule has 0 radical (unpaired) electrons. The highest BCUT2D eigenvalue weighted by Gasteiger charge is 2.18. The van der Waals surface area contributed by atoms with Crippen molar-refractivity contribution in [3.63, 3.8) is 0 Å². The Bertz CT molecular complexity index is 1620. The number of hydrogen-bond donors (Lipinski definition) is 2. The summed E-state index contributed by atoms with van der Waals surface area (Å²) in [5, 5.41) is 12.2. The Morgan fingerprint density at radius 3 is 2.30 bits per heavy atom. The number of carboxylic acids is 1. The van der Waals surface area contributed by atoms with E-state index < -0.39 is 29.7 Å². The fourth-order valence-electron chi connectivity index (χ4n) is 3.93. The van der Waals surface area contributed by atoms with Crippen molar-refractivity contribution < 1.29 is 24.2 Å². The number of amides is 1. The second kappa shape index (κ2) is 10.6. The van der Waals surface area contributed by atoms with E-state index in [2.05, 4.69) is 5.32 Å². The number of hydrogen-bond acceptors (Lipinski definition) is 6. The average Bonchev–Trinajstić information content (AvgIpc) is 2.87. The van der Waals surface area contributed by atoms with Crippen molar-refractivity contribution in [2.75, 3.05) is 19.5 Å². The number of carbonyl (C=O) groups excluding carboxylic acids is 1. The Labute approximate surface area is 215 Å². The minimum absolute atomic E-state index is 0.198. The van der Waals surface area contributed by atoms with Crippen molar-refractivity contribution >= 4 is 40.1 Å². The lowest BCUT2D eigenvalue weighted by atomic mass is 10.1. The number of aliphatic carboxylic acids is 1. The molecular weight excluding hydrogens is 502 g/mol. The summed E-state index contributed by atoms with van der Waals surface area (Å²) in [6.07, 6.45) is -0.198. The standard InChI is InChI=1S/C26H22ClN3O7/c1-36-21-13-22(37-2)19(12-18(21)27)28-23(31)14-29-20-6-4-3-5-17(20)25(34)30(26(29)35)16-9-7-15(8-10-16)11-24(32)33/h3-10,12-13H,11,14H2,1-2H3,(H,28,31)(H,32,33). The van der Waals surface area contributed by atoms with Gasteiger partial charge in [0, 0.05) is 6.07 Å². The van der Waals surface area contributed by atoms with Gasteiger partial charge in [0.2, 0.25) is 5.91 Å². The van der Waals surface area contributed by atoms with Crippen LogP contribution in [0.15, 0.2) is 70.3 Å². The van der Waals surface area contributed by atoms with Crippen LogP contribution >= 0.6 is 11.6 Å². The van der Waals surface area contributed by atoms with E-state index in [1.807, 2.05) is 0 Å². The highest BCUT2D eigenvalue weighted by Crippen LogP contribution is 2.35. The van der Waals surface area contributed by atoms with Crippen molar-refractivity contribution in [1.82, 2.24) is 9.13 Å². The van der Waals surface area contributed by atoms with Gasteiger partial charge in [-0.05, 0) is 35.9 Å². The molecule has 10 nitrogen and oxygen atoms in total. The first-order valence-electron chi connectivity index (χ1n) is 11.0. The van der Waals surface area contributed by atoms with Gasteiger partial charge in [0.25, 0.3) is 5.56 Å². The maximum Gasteiger partial charge on any atom is 0.336 e. The van der Waals surface area contributed by atoms with Crippen LogP contribution in [0.25, 0.3) is 16.6 Å². The predicted molar refractivity (Wildman–Crippen MR) is 138 cm³/mol. The number of carbonyl (C=O) groups is 2. The number of halogens is 1. The van der Waals surface area contributed by atoms with E-state index in [-0.39, 0.29) is 33.7 Å². The molecule has 37 heavy (non-hydrogen) atoms. The van der Waals surface area contributed by atoms with Crippen LogP contribution in [-0.4, -0.2) is 40.3 Å². The first kappa shape index (κ1) is 25.5. The summed E-state index contributed by atoms with van der Waals surface area (Å²) in [5.41, 5.74) is 0.0186. The second-order valence-electron chi connectivity index (χ2n) is 8.00. The third-order valence-electron chi connectivity index (χ3n) is 5.65. The lowest BCUT2D eigenvalue weighted by molar-refractivity contribution is -0.136. The van der Waals surface area contributed by atoms with E-state index in [1.54, 1.807) is 24.3 Å². The minimum atomic E-state index is -1.00. The Hall–Kier alpha value is -4.57. The van der Waals surface area contributed by atoms with Crippen LogP contribution in [0.1, 0.15) is 5.56 Å². The van der Waals surface area contributed by atoms with E-state index in [0.29, 0.717) is 17.1 Å². The zero-order valence-electron chi connectivity index (χ0n) is 19.9. The van der Waals surface area contributed by atoms with Crippen molar-refractivity contribution in [1.29, 1.82) is 0 Å². The number of benzene rings is 3. The molecule has 4 rings (SSSR count). The maximum atomic E-state index is 13.5. The Morgan fingerprint density at radius 1 is 0.973 bits per heavy atom. The van der Waals surface area contributed by atoms with Gasteiger partial charge in [-0.25, -0.2) is 9.36 Å². The van der Waals surface area contributed by atoms with Crippen LogP contribution in [0.4, 0.5) is 5.69 Å². The highest BCUT2D eigenvalue weighted by molar-refractivity contribution is 6.32. The van der Waals surface area contributed by atoms with E-state index in [1.165, 1.54) is 55.2 Å². The summed E-state index contributed by atoms with van der Waals surface area (Å²) in [5.74, 6) is -0.897. The molecule has 11 heteroatoms. The number of carboxylic acid groups (broad SMARTS) is 1. The number of anilines is 1. The van der Waals surface area contributed by atoms with Gasteiger partial charge in [0.1, 0.15) is 18.0 Å². The quantitative estimate of drug-likeness (QED) is 0.363. The third-order valence-corrected chi connectivity index (χ3v) is 5.95. The SMILES string of the molecule is COc1cc(OC)c(NC(=O)Cn2c(=O)n(-c3ccc(CC(=O)O)cc3)c(=O)c3ccccc32)cc1Cl. The monoisotopic (exact) mass is 523 g/mol. The lowest BCUT2D eigenvalue weighted by Gasteiger charge is -2.16. The van der Waals surface area contributed by atoms with Crippen molar-refractivity contribution in [3.05, 3.63) is 92.1 Å². The minimum Gasteiger partial charge on any atom is -0.495 e. The van der Waals surface area contributed by atoms with Gasteiger partial charge in [-0.3, -0.25) is 19.0 Å². The zero-order chi connectivity index (χ0) is 26.7. The highest BCUT2D eigenvalue weighted by atomic mass is 35.5. The summed E-state index contributed by atoms with van der Waals surface area (Å²) in [6.45, 7) is -0.413. The topological polar surface area (TPSA) is 129 Å². The normalized spacial score (nSPS) is 10.8. The number of nitrogens with one attached hydrogen (secondary N) is 1. The third kappa shape index (κ3) is 5.19.